The van der Waals surface area contributed by atoms with Gasteiger partial charge in [0, 0.05) is 14.1 Å². The van der Waals surface area contributed by atoms with Crippen molar-refractivity contribution in [1.82, 2.24) is 14.0 Å². The van der Waals surface area contributed by atoms with Gasteiger partial charge in [0.05, 0.1) is 17.1 Å². The number of carbonyl (C=O) groups excluding carboxylic acids is 1. The molecule has 114 valence electrons. The summed E-state index contributed by atoms with van der Waals surface area (Å²) in [5.74, 6) is -0.209. The Bertz CT molecular complexity index is 836. The lowest BCUT2D eigenvalue weighted by Crippen LogP contribution is -2.54. The Kier molecular flexibility index (Phi) is 3.28. The molecule has 1 aromatic heterocycles. The second-order valence-electron chi connectivity index (χ2n) is 5.87. The number of nitriles is 1. The molecule has 0 unspecified atom stereocenters. The quantitative estimate of drug-likeness (QED) is 0.856. The summed E-state index contributed by atoms with van der Waals surface area (Å²) >= 11 is 0. The van der Waals surface area contributed by atoms with Crippen LogP contribution in [0.4, 0.5) is 0 Å². The van der Waals surface area contributed by atoms with Crippen molar-refractivity contribution in [3.8, 4) is 6.07 Å². The van der Waals surface area contributed by atoms with Crippen LogP contribution in [0.2, 0.25) is 0 Å². The average molecular weight is 298 g/mol. The highest BCUT2D eigenvalue weighted by Crippen LogP contribution is 2.36. The predicted octanol–water partition coefficient (Wildman–Crippen LogP) is 1.24. The third-order valence-electron chi connectivity index (χ3n) is 4.75. The second-order valence-corrected chi connectivity index (χ2v) is 5.87. The Balaban J connectivity index is 1.94. The summed E-state index contributed by atoms with van der Waals surface area (Å²) in [4.78, 5) is 26.4. The summed E-state index contributed by atoms with van der Waals surface area (Å²) in [6.07, 6.45) is 2.37. The molecule has 1 aliphatic rings. The van der Waals surface area contributed by atoms with Crippen LogP contribution in [-0.4, -0.2) is 32.5 Å². The van der Waals surface area contributed by atoms with Crippen LogP contribution < -0.4 is 5.69 Å². The number of nitrogens with zero attached hydrogens (tertiary/aromatic N) is 4. The molecule has 6 heteroatoms. The zero-order valence-corrected chi connectivity index (χ0v) is 12.7. The van der Waals surface area contributed by atoms with Crippen molar-refractivity contribution in [2.24, 2.45) is 7.05 Å². The van der Waals surface area contributed by atoms with Gasteiger partial charge in [-0.1, -0.05) is 12.1 Å². The molecular formula is C16H18N4O2. The van der Waals surface area contributed by atoms with E-state index < -0.39 is 5.54 Å². The molecule has 0 bridgehead atoms. The molecule has 22 heavy (non-hydrogen) atoms. The molecule has 6 nitrogen and oxygen atoms in total. The van der Waals surface area contributed by atoms with Crippen molar-refractivity contribution in [3.63, 3.8) is 0 Å². The highest BCUT2D eigenvalue weighted by molar-refractivity contribution is 5.81. The van der Waals surface area contributed by atoms with Gasteiger partial charge in [-0.2, -0.15) is 5.26 Å². The van der Waals surface area contributed by atoms with Crippen molar-refractivity contribution in [2.75, 3.05) is 7.05 Å². The fourth-order valence-electron chi connectivity index (χ4n) is 3.03. The summed E-state index contributed by atoms with van der Waals surface area (Å²) in [5, 5.41) is 9.34. The number of amides is 1. The Labute approximate surface area is 128 Å². The molecule has 1 fully saturated rings. The van der Waals surface area contributed by atoms with Crippen LogP contribution in [0.25, 0.3) is 11.0 Å². The molecule has 1 aliphatic carbocycles. The Morgan fingerprint density at radius 1 is 1.36 bits per heavy atom. The molecule has 3 rings (SSSR count). The number of likely N-dealkylation sites (N-methyl/N-ethyl adjacent to an activating group) is 1. The average Bonchev–Trinajstić information content (AvgIpc) is 2.72. The fraction of sp³-hybridized carbons (Fsp3) is 0.438. The minimum atomic E-state index is -0.689. The first-order chi connectivity index (χ1) is 10.5. The van der Waals surface area contributed by atoms with Crippen LogP contribution in [0.3, 0.4) is 0 Å². The first-order valence-corrected chi connectivity index (χ1v) is 7.32. The lowest BCUT2D eigenvalue weighted by molar-refractivity contribution is -0.136. The molecule has 0 saturated heterocycles. The number of hydrogen-bond donors (Lipinski definition) is 0. The first-order valence-electron chi connectivity index (χ1n) is 7.32. The normalized spacial score (nSPS) is 16.0. The zero-order chi connectivity index (χ0) is 15.9. The summed E-state index contributed by atoms with van der Waals surface area (Å²) in [6.45, 7) is -0.0416. The van der Waals surface area contributed by atoms with E-state index in [4.69, 9.17) is 0 Å². The van der Waals surface area contributed by atoms with E-state index in [0.29, 0.717) is 12.8 Å². The molecule has 0 aliphatic heterocycles. The number of aryl methyl sites for hydroxylation is 1. The Morgan fingerprint density at radius 2 is 2.00 bits per heavy atom. The summed E-state index contributed by atoms with van der Waals surface area (Å²) in [5.41, 5.74) is 0.617. The number of aromatic nitrogens is 2. The van der Waals surface area contributed by atoms with Gasteiger partial charge in [-0.05, 0) is 31.4 Å². The number of carbonyl (C=O) groups is 1. The molecule has 1 heterocycles. The number of benzene rings is 1. The SMILES string of the molecule is CN(C(=O)Cn1c(=O)n(C)c2ccccc21)C1(C#N)CCC1. The van der Waals surface area contributed by atoms with Gasteiger partial charge in [-0.15, -0.1) is 0 Å². The topological polar surface area (TPSA) is 71.0 Å². The highest BCUT2D eigenvalue weighted by atomic mass is 16.2. The maximum absolute atomic E-state index is 12.5. The van der Waals surface area contributed by atoms with Gasteiger partial charge in [0.15, 0.2) is 0 Å². The van der Waals surface area contributed by atoms with Crippen LogP contribution in [-0.2, 0) is 18.4 Å². The molecule has 1 aromatic carbocycles. The van der Waals surface area contributed by atoms with Gasteiger partial charge in [-0.25, -0.2) is 4.79 Å². The maximum Gasteiger partial charge on any atom is 0.329 e. The van der Waals surface area contributed by atoms with Crippen molar-refractivity contribution in [1.29, 1.82) is 5.26 Å². The van der Waals surface area contributed by atoms with Crippen LogP contribution in [0.5, 0.6) is 0 Å². The number of rotatable bonds is 3. The molecule has 1 saturated carbocycles. The van der Waals surface area contributed by atoms with E-state index in [0.717, 1.165) is 17.5 Å². The summed E-state index contributed by atoms with van der Waals surface area (Å²) in [7, 11) is 3.35. The lowest BCUT2D eigenvalue weighted by atomic mass is 9.76. The monoisotopic (exact) mass is 298 g/mol. The van der Waals surface area contributed by atoms with Crippen molar-refractivity contribution < 1.29 is 4.79 Å². The van der Waals surface area contributed by atoms with Crippen LogP contribution in [0, 0.1) is 11.3 Å². The molecular weight excluding hydrogens is 280 g/mol. The molecule has 0 N–H and O–H groups in total. The molecule has 0 radical (unpaired) electrons. The Hall–Kier alpha value is -2.55. The number of para-hydroxylation sites is 2. The fourth-order valence-corrected chi connectivity index (χ4v) is 3.03. The highest BCUT2D eigenvalue weighted by Gasteiger charge is 2.43. The maximum atomic E-state index is 12.5. The van der Waals surface area contributed by atoms with Gasteiger partial charge >= 0.3 is 5.69 Å². The number of fused-ring (bicyclic) bond motifs is 1. The third-order valence-corrected chi connectivity index (χ3v) is 4.75. The van der Waals surface area contributed by atoms with E-state index in [9.17, 15) is 14.9 Å². The van der Waals surface area contributed by atoms with Gasteiger partial charge in [0.25, 0.3) is 0 Å². The van der Waals surface area contributed by atoms with Gasteiger partial charge in [-0.3, -0.25) is 13.9 Å². The molecule has 2 aromatic rings. The first kappa shape index (κ1) is 14.4. The predicted molar refractivity (Wildman–Crippen MR) is 82.1 cm³/mol. The van der Waals surface area contributed by atoms with Crippen LogP contribution >= 0.6 is 0 Å². The van der Waals surface area contributed by atoms with Crippen LogP contribution in [0.1, 0.15) is 19.3 Å². The van der Waals surface area contributed by atoms with E-state index in [-0.39, 0.29) is 18.1 Å². The molecule has 1 amide bonds. The number of imidazole rings is 1. The van der Waals surface area contributed by atoms with E-state index in [2.05, 4.69) is 6.07 Å². The van der Waals surface area contributed by atoms with Crippen molar-refractivity contribution >= 4 is 16.9 Å². The molecule has 0 spiro atoms. The van der Waals surface area contributed by atoms with Gasteiger partial charge in [0.1, 0.15) is 12.1 Å². The van der Waals surface area contributed by atoms with Crippen LogP contribution in [0.15, 0.2) is 29.1 Å². The van der Waals surface area contributed by atoms with Gasteiger partial charge in [0.2, 0.25) is 5.91 Å². The van der Waals surface area contributed by atoms with E-state index in [1.165, 1.54) is 14.0 Å². The zero-order valence-electron chi connectivity index (χ0n) is 12.7. The standard InChI is InChI=1S/C16H18N4O2/c1-18-12-6-3-4-7-13(12)20(15(18)22)10-14(21)19(2)16(11-17)8-5-9-16/h3-4,6-7H,5,8-10H2,1-2H3. The smallest absolute Gasteiger partial charge is 0.325 e. The Morgan fingerprint density at radius 3 is 2.55 bits per heavy atom. The minimum absolute atomic E-state index is 0.0416. The molecule has 0 atom stereocenters. The number of hydrogen-bond acceptors (Lipinski definition) is 3. The third kappa shape index (κ3) is 1.93. The van der Waals surface area contributed by atoms with E-state index in [1.807, 2.05) is 24.3 Å². The van der Waals surface area contributed by atoms with Crippen molar-refractivity contribution in [2.45, 2.75) is 31.3 Å². The van der Waals surface area contributed by atoms with E-state index in [1.54, 1.807) is 14.1 Å². The van der Waals surface area contributed by atoms with Gasteiger partial charge < -0.3 is 4.90 Å². The minimum Gasteiger partial charge on any atom is -0.325 e. The van der Waals surface area contributed by atoms with Crippen molar-refractivity contribution in [3.05, 3.63) is 34.7 Å². The summed E-state index contributed by atoms with van der Waals surface area (Å²) < 4.78 is 3.00. The second kappa shape index (κ2) is 5.02. The lowest BCUT2D eigenvalue weighted by Gasteiger charge is -2.42. The summed E-state index contributed by atoms with van der Waals surface area (Å²) in [6, 6.07) is 9.63. The largest absolute Gasteiger partial charge is 0.329 e. The van der Waals surface area contributed by atoms with E-state index >= 15 is 0 Å².